The van der Waals surface area contributed by atoms with Gasteiger partial charge in [0, 0.05) is 6.04 Å². The molecule has 1 fully saturated rings. The first-order valence-electron chi connectivity index (χ1n) is 8.26. The Morgan fingerprint density at radius 1 is 1.11 bits per heavy atom. The molecule has 1 atom stereocenters. The van der Waals surface area contributed by atoms with E-state index in [4.69, 9.17) is 0 Å². The molecule has 0 aromatic heterocycles. The highest BCUT2D eigenvalue weighted by Crippen LogP contribution is 2.38. The van der Waals surface area contributed by atoms with Crippen molar-refractivity contribution in [2.45, 2.75) is 72.8 Å². The standard InChI is InChI=1S/C17H36N2/c1-7-17(8-2)10-13-19(14-11-17)12-9-15(18-6)16(3,4)5/h15,18H,7-14H2,1-6H3. The minimum Gasteiger partial charge on any atom is -0.316 e. The van der Waals surface area contributed by atoms with Crippen LogP contribution in [0.15, 0.2) is 0 Å². The van der Waals surface area contributed by atoms with Crippen molar-refractivity contribution >= 4 is 0 Å². The average Bonchev–Trinajstić information content (AvgIpc) is 2.39. The van der Waals surface area contributed by atoms with E-state index in [0.29, 0.717) is 16.9 Å². The van der Waals surface area contributed by atoms with E-state index >= 15 is 0 Å². The van der Waals surface area contributed by atoms with Crippen molar-refractivity contribution in [2.75, 3.05) is 26.7 Å². The lowest BCUT2D eigenvalue weighted by Gasteiger charge is -2.42. The maximum Gasteiger partial charge on any atom is 0.0125 e. The van der Waals surface area contributed by atoms with Crippen LogP contribution in [0.5, 0.6) is 0 Å². The van der Waals surface area contributed by atoms with Gasteiger partial charge in [0.2, 0.25) is 0 Å². The Bertz CT molecular complexity index is 240. The van der Waals surface area contributed by atoms with Crippen molar-refractivity contribution in [3.63, 3.8) is 0 Å². The van der Waals surface area contributed by atoms with Gasteiger partial charge >= 0.3 is 0 Å². The summed E-state index contributed by atoms with van der Waals surface area (Å²) in [5.74, 6) is 0. The Kier molecular flexibility index (Phi) is 6.32. The molecule has 1 saturated heterocycles. The molecule has 0 aromatic rings. The van der Waals surface area contributed by atoms with E-state index in [0.717, 1.165) is 0 Å². The van der Waals surface area contributed by atoms with Crippen LogP contribution >= 0.6 is 0 Å². The van der Waals surface area contributed by atoms with Gasteiger partial charge in [0.15, 0.2) is 0 Å². The van der Waals surface area contributed by atoms with Crippen LogP contribution in [-0.4, -0.2) is 37.6 Å². The molecule has 2 nitrogen and oxygen atoms in total. The van der Waals surface area contributed by atoms with Crippen LogP contribution < -0.4 is 5.32 Å². The van der Waals surface area contributed by atoms with E-state index in [1.165, 1.54) is 51.7 Å². The molecular weight excluding hydrogens is 232 g/mol. The summed E-state index contributed by atoms with van der Waals surface area (Å²) in [7, 11) is 2.10. The number of likely N-dealkylation sites (tertiary alicyclic amines) is 1. The predicted octanol–water partition coefficient (Wildman–Crippen LogP) is 3.91. The largest absolute Gasteiger partial charge is 0.316 e. The smallest absolute Gasteiger partial charge is 0.0125 e. The third-order valence-corrected chi connectivity index (χ3v) is 5.54. The molecular formula is C17H36N2. The molecule has 0 radical (unpaired) electrons. The first-order chi connectivity index (χ1) is 8.87. The fraction of sp³-hybridized carbons (Fsp3) is 1.00. The van der Waals surface area contributed by atoms with Gasteiger partial charge in [-0.05, 0) is 56.8 Å². The molecule has 0 aromatic carbocycles. The van der Waals surface area contributed by atoms with E-state index < -0.39 is 0 Å². The predicted molar refractivity (Wildman–Crippen MR) is 85.6 cm³/mol. The summed E-state index contributed by atoms with van der Waals surface area (Å²) in [5, 5.41) is 3.49. The van der Waals surface area contributed by atoms with Crippen LogP contribution in [0.3, 0.4) is 0 Å². The summed E-state index contributed by atoms with van der Waals surface area (Å²) in [4.78, 5) is 2.68. The Morgan fingerprint density at radius 2 is 1.63 bits per heavy atom. The normalized spacial score (nSPS) is 22.4. The van der Waals surface area contributed by atoms with Gasteiger partial charge < -0.3 is 10.2 Å². The Labute approximate surface area is 121 Å². The Balaban J connectivity index is 2.37. The number of rotatable bonds is 6. The van der Waals surface area contributed by atoms with Gasteiger partial charge in [-0.2, -0.15) is 0 Å². The molecule has 0 spiro atoms. The van der Waals surface area contributed by atoms with Gasteiger partial charge in [0.05, 0.1) is 0 Å². The SMILES string of the molecule is CCC1(CC)CCN(CCC(NC)C(C)(C)C)CC1. The van der Waals surface area contributed by atoms with Crippen molar-refractivity contribution in [3.05, 3.63) is 0 Å². The molecule has 0 amide bonds. The Hall–Kier alpha value is -0.0800. The maximum absolute atomic E-state index is 3.49. The first-order valence-corrected chi connectivity index (χ1v) is 8.26. The van der Waals surface area contributed by atoms with Crippen LogP contribution in [0.1, 0.15) is 66.7 Å². The number of hydrogen-bond acceptors (Lipinski definition) is 2. The zero-order valence-corrected chi connectivity index (χ0v) is 14.2. The molecule has 1 aliphatic heterocycles. The van der Waals surface area contributed by atoms with Gasteiger partial charge in [0.1, 0.15) is 0 Å². The number of piperidine rings is 1. The highest BCUT2D eigenvalue weighted by atomic mass is 15.1. The van der Waals surface area contributed by atoms with E-state index in [1.807, 2.05) is 0 Å². The van der Waals surface area contributed by atoms with Crippen molar-refractivity contribution in [2.24, 2.45) is 10.8 Å². The van der Waals surface area contributed by atoms with Crippen LogP contribution in [-0.2, 0) is 0 Å². The Morgan fingerprint density at radius 3 is 2.00 bits per heavy atom. The number of nitrogens with zero attached hydrogens (tertiary/aromatic N) is 1. The summed E-state index contributed by atoms with van der Waals surface area (Å²) < 4.78 is 0. The van der Waals surface area contributed by atoms with Gasteiger partial charge in [-0.1, -0.05) is 47.5 Å². The molecule has 0 bridgehead atoms. The fourth-order valence-corrected chi connectivity index (χ4v) is 3.53. The van der Waals surface area contributed by atoms with Gasteiger partial charge in [0.25, 0.3) is 0 Å². The molecule has 114 valence electrons. The van der Waals surface area contributed by atoms with Crippen molar-refractivity contribution in [1.29, 1.82) is 0 Å². The summed E-state index contributed by atoms with van der Waals surface area (Å²) in [5.41, 5.74) is 1.02. The van der Waals surface area contributed by atoms with Crippen LogP contribution in [0.2, 0.25) is 0 Å². The second kappa shape index (κ2) is 7.08. The zero-order chi connectivity index (χ0) is 14.5. The minimum absolute atomic E-state index is 0.362. The second-order valence-corrected chi connectivity index (χ2v) is 7.54. The molecule has 19 heavy (non-hydrogen) atoms. The molecule has 1 heterocycles. The van der Waals surface area contributed by atoms with Crippen molar-refractivity contribution in [1.82, 2.24) is 10.2 Å². The van der Waals surface area contributed by atoms with Gasteiger partial charge in [-0.25, -0.2) is 0 Å². The lowest BCUT2D eigenvalue weighted by atomic mass is 9.74. The topological polar surface area (TPSA) is 15.3 Å². The highest BCUT2D eigenvalue weighted by Gasteiger charge is 2.31. The summed E-state index contributed by atoms with van der Waals surface area (Å²) in [6, 6.07) is 0.622. The number of hydrogen-bond donors (Lipinski definition) is 1. The highest BCUT2D eigenvalue weighted by molar-refractivity contribution is 4.86. The third-order valence-electron chi connectivity index (χ3n) is 5.54. The first kappa shape index (κ1) is 17.0. The fourth-order valence-electron chi connectivity index (χ4n) is 3.53. The van der Waals surface area contributed by atoms with Gasteiger partial charge in [-0.3, -0.25) is 0 Å². The molecule has 1 aliphatic rings. The van der Waals surface area contributed by atoms with E-state index in [9.17, 15) is 0 Å². The summed E-state index contributed by atoms with van der Waals surface area (Å²) in [6.45, 7) is 15.6. The summed E-state index contributed by atoms with van der Waals surface area (Å²) >= 11 is 0. The lowest BCUT2D eigenvalue weighted by molar-refractivity contribution is 0.0885. The monoisotopic (exact) mass is 268 g/mol. The third kappa shape index (κ3) is 4.75. The van der Waals surface area contributed by atoms with Crippen LogP contribution in [0.4, 0.5) is 0 Å². The van der Waals surface area contributed by atoms with Gasteiger partial charge in [-0.15, -0.1) is 0 Å². The van der Waals surface area contributed by atoms with Crippen LogP contribution in [0.25, 0.3) is 0 Å². The van der Waals surface area contributed by atoms with E-state index in [2.05, 4.69) is 51.9 Å². The van der Waals surface area contributed by atoms with Crippen molar-refractivity contribution < 1.29 is 0 Å². The van der Waals surface area contributed by atoms with E-state index in [1.54, 1.807) is 0 Å². The van der Waals surface area contributed by atoms with Crippen molar-refractivity contribution in [3.8, 4) is 0 Å². The molecule has 1 rings (SSSR count). The quantitative estimate of drug-likeness (QED) is 0.785. The molecule has 0 saturated carbocycles. The average molecular weight is 268 g/mol. The van der Waals surface area contributed by atoms with E-state index in [-0.39, 0.29) is 0 Å². The second-order valence-electron chi connectivity index (χ2n) is 7.54. The summed E-state index contributed by atoms with van der Waals surface area (Å²) in [6.07, 6.45) is 6.79. The zero-order valence-electron chi connectivity index (χ0n) is 14.2. The maximum atomic E-state index is 3.49. The molecule has 1 unspecified atom stereocenters. The number of nitrogens with one attached hydrogen (secondary N) is 1. The molecule has 1 N–H and O–H groups in total. The molecule has 0 aliphatic carbocycles. The lowest BCUT2D eigenvalue weighted by Crippen LogP contribution is -2.44. The van der Waals surface area contributed by atoms with Crippen LogP contribution in [0, 0.1) is 10.8 Å². The minimum atomic E-state index is 0.362. The molecule has 2 heteroatoms.